The summed E-state index contributed by atoms with van der Waals surface area (Å²) in [6.07, 6.45) is 0.272. The molecule has 0 saturated carbocycles. The van der Waals surface area contributed by atoms with Gasteiger partial charge in [-0.2, -0.15) is 0 Å². The largest absolute Gasteiger partial charge is 0.299 e. The van der Waals surface area contributed by atoms with Crippen molar-refractivity contribution >= 4 is 26.5 Å². The van der Waals surface area contributed by atoms with Gasteiger partial charge >= 0.3 is 0 Å². The van der Waals surface area contributed by atoms with Gasteiger partial charge in [0.05, 0.1) is 11.5 Å². The van der Waals surface area contributed by atoms with Gasteiger partial charge in [-0.3, -0.25) is 15.3 Å². The van der Waals surface area contributed by atoms with Crippen LogP contribution in [0.2, 0.25) is 0 Å². The normalized spacial score (nSPS) is 17.5. The van der Waals surface area contributed by atoms with Crippen molar-refractivity contribution in [2.24, 2.45) is 0 Å². The van der Waals surface area contributed by atoms with Crippen molar-refractivity contribution in [3.8, 4) is 11.1 Å². The van der Waals surface area contributed by atoms with E-state index < -0.39 is 21.3 Å². The molecule has 0 atom stereocenters. The second-order valence-electron chi connectivity index (χ2n) is 7.79. The molecule has 7 heteroatoms. The lowest BCUT2D eigenvalue weighted by molar-refractivity contribution is -0.136. The molecule has 0 unspecified atom stereocenters. The molecule has 0 bridgehead atoms. The van der Waals surface area contributed by atoms with Gasteiger partial charge in [0.2, 0.25) is 0 Å². The maximum atomic E-state index is 12.2. The number of carbonyl (C=O) groups is 1. The van der Waals surface area contributed by atoms with E-state index >= 15 is 0 Å². The molecule has 1 amide bonds. The third kappa shape index (κ3) is 4.23. The first-order valence-electron chi connectivity index (χ1n) is 9.89. The molecule has 6 nitrogen and oxygen atoms in total. The Balaban J connectivity index is 1.49. The van der Waals surface area contributed by atoms with E-state index in [1.807, 2.05) is 36.4 Å². The zero-order valence-corrected chi connectivity index (χ0v) is 17.3. The van der Waals surface area contributed by atoms with Gasteiger partial charge in [-0.1, -0.05) is 60.7 Å². The van der Waals surface area contributed by atoms with Crippen LogP contribution >= 0.6 is 0 Å². The lowest BCUT2D eigenvalue weighted by atomic mass is 9.91. The van der Waals surface area contributed by atoms with E-state index in [0.29, 0.717) is 6.54 Å². The summed E-state index contributed by atoms with van der Waals surface area (Å²) < 4.78 is 23.5. The molecule has 1 heterocycles. The van der Waals surface area contributed by atoms with E-state index in [-0.39, 0.29) is 24.3 Å². The molecule has 0 aliphatic carbocycles. The number of hydrogen-bond donors (Lipinski definition) is 3. The molecule has 1 aliphatic rings. The quantitative estimate of drug-likeness (QED) is 0.432. The predicted molar refractivity (Wildman–Crippen MR) is 117 cm³/mol. The first-order chi connectivity index (χ1) is 14.4. The van der Waals surface area contributed by atoms with Crippen molar-refractivity contribution in [1.82, 2.24) is 10.8 Å². The Labute approximate surface area is 175 Å². The Morgan fingerprint density at radius 3 is 2.20 bits per heavy atom. The van der Waals surface area contributed by atoms with Gasteiger partial charge in [0.1, 0.15) is 15.4 Å². The fraction of sp³-hybridized carbons (Fsp3) is 0.261. The Hall–Kier alpha value is -2.74. The zero-order chi connectivity index (χ0) is 21.2. The molecule has 1 saturated heterocycles. The van der Waals surface area contributed by atoms with Crippen LogP contribution in [-0.2, 0) is 21.2 Å². The molecule has 156 valence electrons. The van der Waals surface area contributed by atoms with E-state index in [1.54, 1.807) is 5.48 Å². The summed E-state index contributed by atoms with van der Waals surface area (Å²) in [5, 5.41) is 14.7. The number of carbonyl (C=O) groups excluding carboxylic acids is 1. The number of hydrogen-bond acceptors (Lipinski definition) is 5. The first kappa shape index (κ1) is 20.5. The minimum atomic E-state index is -3.13. The molecule has 0 aromatic heterocycles. The van der Waals surface area contributed by atoms with E-state index in [9.17, 15) is 13.2 Å². The van der Waals surface area contributed by atoms with Crippen molar-refractivity contribution in [3.05, 3.63) is 72.3 Å². The van der Waals surface area contributed by atoms with Crippen LogP contribution in [-0.4, -0.2) is 36.6 Å². The molecule has 3 N–H and O–H groups in total. The molecule has 0 radical (unpaired) electrons. The highest BCUT2D eigenvalue weighted by Crippen LogP contribution is 2.27. The van der Waals surface area contributed by atoms with Crippen molar-refractivity contribution in [3.63, 3.8) is 0 Å². The smallest absolute Gasteiger partial charge is 0.263 e. The number of fused-ring (bicyclic) bond motifs is 1. The second kappa shape index (κ2) is 8.18. The van der Waals surface area contributed by atoms with Crippen LogP contribution in [0.15, 0.2) is 66.7 Å². The van der Waals surface area contributed by atoms with Gasteiger partial charge in [0.25, 0.3) is 5.91 Å². The van der Waals surface area contributed by atoms with E-state index in [1.165, 1.54) is 10.8 Å². The van der Waals surface area contributed by atoms with Crippen LogP contribution < -0.4 is 10.8 Å². The molecule has 3 aromatic carbocycles. The number of rotatable bonds is 5. The lowest BCUT2D eigenvalue weighted by Crippen LogP contribution is -2.59. The molecule has 3 aromatic rings. The maximum Gasteiger partial charge on any atom is 0.263 e. The molecule has 1 aliphatic heterocycles. The molecule has 30 heavy (non-hydrogen) atoms. The Kier molecular flexibility index (Phi) is 5.60. The summed E-state index contributed by atoms with van der Waals surface area (Å²) in [6.45, 7) is 0.394. The van der Waals surface area contributed by atoms with Crippen molar-refractivity contribution < 1.29 is 18.4 Å². The number of hydroxylamine groups is 1. The molecular formula is C23H24N2O4S. The van der Waals surface area contributed by atoms with Crippen molar-refractivity contribution in [1.29, 1.82) is 0 Å². The third-order valence-electron chi connectivity index (χ3n) is 5.88. The number of nitrogens with one attached hydrogen (secondary N) is 2. The van der Waals surface area contributed by atoms with Crippen LogP contribution in [0.3, 0.4) is 0 Å². The Morgan fingerprint density at radius 2 is 1.53 bits per heavy atom. The van der Waals surface area contributed by atoms with Gasteiger partial charge in [-0.15, -0.1) is 0 Å². The summed E-state index contributed by atoms with van der Waals surface area (Å²) in [4.78, 5) is 12.2. The fourth-order valence-electron chi connectivity index (χ4n) is 3.93. The van der Waals surface area contributed by atoms with Crippen molar-refractivity contribution in [2.45, 2.75) is 24.9 Å². The average molecular weight is 425 g/mol. The minimum Gasteiger partial charge on any atom is -0.299 e. The summed E-state index contributed by atoms with van der Waals surface area (Å²) in [7, 11) is -3.13. The summed E-state index contributed by atoms with van der Waals surface area (Å²) in [5.41, 5.74) is 3.79. The highest BCUT2D eigenvalue weighted by atomic mass is 32.2. The highest BCUT2D eigenvalue weighted by molar-refractivity contribution is 7.91. The van der Waals surface area contributed by atoms with Crippen LogP contribution in [0, 0.1) is 0 Å². The lowest BCUT2D eigenvalue weighted by Gasteiger charge is -2.35. The molecular weight excluding hydrogens is 400 g/mol. The Bertz CT molecular complexity index is 1160. The summed E-state index contributed by atoms with van der Waals surface area (Å²) >= 11 is 0. The average Bonchev–Trinajstić information content (AvgIpc) is 2.78. The van der Waals surface area contributed by atoms with Crippen LogP contribution in [0.25, 0.3) is 21.9 Å². The third-order valence-corrected chi connectivity index (χ3v) is 7.54. The minimum absolute atomic E-state index is 0.0751. The van der Waals surface area contributed by atoms with Gasteiger partial charge in [0.15, 0.2) is 0 Å². The molecule has 0 spiro atoms. The Morgan fingerprint density at radius 1 is 0.900 bits per heavy atom. The maximum absolute atomic E-state index is 12.2. The van der Waals surface area contributed by atoms with Gasteiger partial charge < -0.3 is 0 Å². The predicted octanol–water partition coefficient (Wildman–Crippen LogP) is 3.05. The highest BCUT2D eigenvalue weighted by Gasteiger charge is 2.43. The number of sulfone groups is 1. The van der Waals surface area contributed by atoms with Crippen LogP contribution in [0.4, 0.5) is 0 Å². The number of benzene rings is 3. The fourth-order valence-corrected chi connectivity index (χ4v) is 5.46. The van der Waals surface area contributed by atoms with Crippen LogP contribution in [0.1, 0.15) is 18.4 Å². The van der Waals surface area contributed by atoms with Gasteiger partial charge in [-0.05, 0) is 46.4 Å². The zero-order valence-electron chi connectivity index (χ0n) is 16.5. The van der Waals surface area contributed by atoms with E-state index in [0.717, 1.165) is 16.7 Å². The van der Waals surface area contributed by atoms with Crippen LogP contribution in [0.5, 0.6) is 0 Å². The van der Waals surface area contributed by atoms with E-state index in [4.69, 9.17) is 5.21 Å². The molecule has 4 rings (SSSR count). The SMILES string of the molecule is O=C(NO)C1(NCc2ccc(-c3ccc4ccccc4c3)cc2)CCS(=O)(=O)CC1. The molecule has 1 fully saturated rings. The summed E-state index contributed by atoms with van der Waals surface area (Å²) in [6, 6.07) is 22.6. The summed E-state index contributed by atoms with van der Waals surface area (Å²) in [5.74, 6) is -0.743. The second-order valence-corrected chi connectivity index (χ2v) is 10.1. The van der Waals surface area contributed by atoms with Gasteiger partial charge in [0, 0.05) is 6.54 Å². The van der Waals surface area contributed by atoms with E-state index in [2.05, 4.69) is 35.6 Å². The topological polar surface area (TPSA) is 95.5 Å². The number of amides is 1. The standard InChI is InChI=1S/C23H24N2O4S/c26-22(25-27)23(11-13-30(28,29)14-12-23)24-16-17-5-7-19(8-6-17)21-10-9-18-3-1-2-4-20(18)15-21/h1-10,15,24,27H,11-14,16H2,(H,25,26). The van der Waals surface area contributed by atoms with Gasteiger partial charge in [-0.25, -0.2) is 13.9 Å². The first-order valence-corrected chi connectivity index (χ1v) is 11.7. The van der Waals surface area contributed by atoms with Crippen molar-refractivity contribution in [2.75, 3.05) is 11.5 Å². The monoisotopic (exact) mass is 424 g/mol.